The van der Waals surface area contributed by atoms with Crippen LogP contribution in [0, 0.1) is 6.92 Å². The van der Waals surface area contributed by atoms with E-state index < -0.39 is 5.60 Å². The van der Waals surface area contributed by atoms with Gasteiger partial charge in [-0.1, -0.05) is 6.58 Å². The number of carbonyl (C=O) groups is 1. The topological polar surface area (TPSA) is 72.9 Å². The third-order valence-corrected chi connectivity index (χ3v) is 7.02. The van der Waals surface area contributed by atoms with E-state index in [1.165, 1.54) is 11.1 Å². The van der Waals surface area contributed by atoms with Crippen molar-refractivity contribution < 1.29 is 19.0 Å². The van der Waals surface area contributed by atoms with Crippen LogP contribution >= 0.6 is 0 Å². The molecular formula is C26H39N3O4. The highest BCUT2D eigenvalue weighted by atomic mass is 16.6. The molecule has 4 heterocycles. The van der Waals surface area contributed by atoms with Crippen LogP contribution < -0.4 is 10.1 Å². The van der Waals surface area contributed by atoms with Gasteiger partial charge in [0.25, 0.3) is 0 Å². The van der Waals surface area contributed by atoms with E-state index in [-0.39, 0.29) is 24.3 Å². The maximum Gasteiger partial charge on any atom is 0.407 e. The second-order valence-electron chi connectivity index (χ2n) is 10.7. The zero-order chi connectivity index (χ0) is 23.6. The van der Waals surface area contributed by atoms with Gasteiger partial charge >= 0.3 is 6.09 Å². The fraction of sp³-hybridized carbons (Fsp3) is 0.692. The minimum Gasteiger partial charge on any atom is -0.471 e. The molecule has 1 saturated heterocycles. The Bertz CT molecular complexity index is 858. The number of amides is 1. The van der Waals surface area contributed by atoms with Crippen LogP contribution in [0.25, 0.3) is 0 Å². The van der Waals surface area contributed by atoms with Gasteiger partial charge in [-0.25, -0.2) is 9.78 Å². The molecule has 7 heteroatoms. The lowest BCUT2D eigenvalue weighted by Gasteiger charge is -2.44. The second kappa shape index (κ2) is 9.92. The van der Waals surface area contributed by atoms with Gasteiger partial charge in [0.15, 0.2) is 0 Å². The van der Waals surface area contributed by atoms with Gasteiger partial charge in [0.05, 0.1) is 24.8 Å². The summed E-state index contributed by atoms with van der Waals surface area (Å²) in [5.74, 6) is 1.18. The Labute approximate surface area is 197 Å². The zero-order valence-electron chi connectivity index (χ0n) is 20.6. The molecule has 2 fully saturated rings. The average molecular weight is 458 g/mol. The number of aryl methyl sites for hydroxylation is 1. The Hall–Kier alpha value is -2.28. The minimum atomic E-state index is -0.533. The SMILES string of the molecule is C=C1COc2nccc(C)c2C2CCC(CC2)OC[C@H]2[C@@H](NC(=O)OC(C)(C)C)CCCN12. The predicted molar refractivity (Wildman–Crippen MR) is 127 cm³/mol. The molecule has 1 aromatic heterocycles. The van der Waals surface area contributed by atoms with E-state index in [9.17, 15) is 4.79 Å². The number of aromatic nitrogens is 1. The van der Waals surface area contributed by atoms with E-state index in [2.05, 4.69) is 34.8 Å². The maximum atomic E-state index is 12.6. The summed E-state index contributed by atoms with van der Waals surface area (Å²) in [5.41, 5.74) is 2.83. The Kier molecular flexibility index (Phi) is 7.17. The Morgan fingerprint density at radius 2 is 2.00 bits per heavy atom. The smallest absolute Gasteiger partial charge is 0.407 e. The summed E-state index contributed by atoms with van der Waals surface area (Å²) in [4.78, 5) is 19.4. The van der Waals surface area contributed by atoms with E-state index >= 15 is 0 Å². The van der Waals surface area contributed by atoms with Crippen molar-refractivity contribution in [1.29, 1.82) is 0 Å². The standard InChI is InChI=1S/C26H39N3O4/c1-17-12-13-27-24-23(17)19-8-10-20(11-9-19)31-16-22-21(28-25(30)33-26(3,4)5)7-6-14-29(22)18(2)15-32-24/h12-13,19-22H,2,6-11,14-16H2,1,3-5H3,(H,28,30)/t19?,20?,21-,22-/m0/s1. The van der Waals surface area contributed by atoms with Crippen LogP contribution in [0.4, 0.5) is 4.79 Å². The summed E-state index contributed by atoms with van der Waals surface area (Å²) in [5, 5.41) is 3.11. The summed E-state index contributed by atoms with van der Waals surface area (Å²) >= 11 is 0. The first-order valence-electron chi connectivity index (χ1n) is 12.3. The molecule has 1 aromatic rings. The van der Waals surface area contributed by atoms with Crippen LogP contribution in [0.5, 0.6) is 5.88 Å². The first-order valence-corrected chi connectivity index (χ1v) is 12.3. The van der Waals surface area contributed by atoms with E-state index in [4.69, 9.17) is 14.2 Å². The van der Waals surface area contributed by atoms with Crippen molar-refractivity contribution in [2.24, 2.45) is 0 Å². The van der Waals surface area contributed by atoms with Crippen LogP contribution in [-0.4, -0.2) is 59.5 Å². The molecule has 4 aliphatic rings. The van der Waals surface area contributed by atoms with Gasteiger partial charge in [-0.05, 0) is 83.8 Å². The Morgan fingerprint density at radius 1 is 1.24 bits per heavy atom. The molecule has 3 aliphatic heterocycles. The molecule has 33 heavy (non-hydrogen) atoms. The Balaban J connectivity index is 1.56. The largest absolute Gasteiger partial charge is 0.471 e. The molecular weight excluding hydrogens is 418 g/mol. The molecule has 1 aliphatic carbocycles. The molecule has 7 nitrogen and oxygen atoms in total. The lowest BCUT2D eigenvalue weighted by Crippen LogP contribution is -2.58. The number of carbonyl (C=O) groups excluding carboxylic acids is 1. The van der Waals surface area contributed by atoms with Crippen molar-refractivity contribution in [2.45, 2.75) is 95.9 Å². The van der Waals surface area contributed by atoms with Crippen molar-refractivity contribution in [3.05, 3.63) is 35.7 Å². The van der Waals surface area contributed by atoms with E-state index in [0.717, 1.165) is 56.6 Å². The Morgan fingerprint density at radius 3 is 2.73 bits per heavy atom. The van der Waals surface area contributed by atoms with Gasteiger partial charge in [0.1, 0.15) is 12.2 Å². The number of piperidine rings is 1. The van der Waals surface area contributed by atoms with E-state index in [1.807, 2.05) is 27.0 Å². The lowest BCUT2D eigenvalue weighted by atomic mass is 9.81. The molecule has 0 unspecified atom stereocenters. The number of nitrogens with one attached hydrogen (secondary N) is 1. The molecule has 0 radical (unpaired) electrons. The number of ether oxygens (including phenoxy) is 3. The molecule has 1 saturated carbocycles. The summed E-state index contributed by atoms with van der Waals surface area (Å²) in [7, 11) is 0. The number of nitrogens with zero attached hydrogens (tertiary/aromatic N) is 2. The normalized spacial score (nSPS) is 28.4. The van der Waals surface area contributed by atoms with Crippen LogP contribution in [-0.2, 0) is 9.47 Å². The van der Waals surface area contributed by atoms with Gasteiger partial charge in [-0.2, -0.15) is 0 Å². The fourth-order valence-corrected chi connectivity index (χ4v) is 5.43. The van der Waals surface area contributed by atoms with Crippen molar-refractivity contribution in [3.63, 3.8) is 0 Å². The van der Waals surface area contributed by atoms with E-state index in [1.54, 1.807) is 0 Å². The highest BCUT2D eigenvalue weighted by Gasteiger charge is 2.36. The number of rotatable bonds is 1. The highest BCUT2D eigenvalue weighted by molar-refractivity contribution is 5.68. The third-order valence-electron chi connectivity index (χ3n) is 7.02. The van der Waals surface area contributed by atoms with Crippen molar-refractivity contribution >= 4 is 6.09 Å². The van der Waals surface area contributed by atoms with Crippen molar-refractivity contribution in [1.82, 2.24) is 15.2 Å². The number of hydrogen-bond acceptors (Lipinski definition) is 6. The van der Waals surface area contributed by atoms with Gasteiger partial charge < -0.3 is 24.4 Å². The van der Waals surface area contributed by atoms with Crippen molar-refractivity contribution in [2.75, 3.05) is 19.8 Å². The van der Waals surface area contributed by atoms with Gasteiger partial charge in [0, 0.05) is 24.0 Å². The number of alkyl carbamates (subject to hydrolysis) is 1. The number of hydrogen-bond donors (Lipinski definition) is 1. The maximum absolute atomic E-state index is 12.6. The minimum absolute atomic E-state index is 0.00853. The lowest BCUT2D eigenvalue weighted by molar-refractivity contribution is -0.0238. The first-order chi connectivity index (χ1) is 15.7. The molecule has 5 rings (SSSR count). The number of fused-ring (bicyclic) bond motifs is 5. The number of pyridine rings is 1. The molecule has 1 amide bonds. The van der Waals surface area contributed by atoms with Crippen LogP contribution in [0.3, 0.4) is 0 Å². The van der Waals surface area contributed by atoms with Crippen molar-refractivity contribution in [3.8, 4) is 5.88 Å². The monoisotopic (exact) mass is 457 g/mol. The summed E-state index contributed by atoms with van der Waals surface area (Å²) in [6.45, 7) is 13.9. The fourth-order valence-electron chi connectivity index (χ4n) is 5.43. The quantitative estimate of drug-likeness (QED) is 0.659. The third kappa shape index (κ3) is 5.81. The molecule has 2 bridgehead atoms. The van der Waals surface area contributed by atoms with Crippen LogP contribution in [0.1, 0.15) is 76.3 Å². The summed E-state index contributed by atoms with van der Waals surface area (Å²) in [6, 6.07) is 2.00. The highest BCUT2D eigenvalue weighted by Crippen LogP contribution is 2.40. The predicted octanol–water partition coefficient (Wildman–Crippen LogP) is 4.70. The second-order valence-corrected chi connectivity index (χ2v) is 10.7. The van der Waals surface area contributed by atoms with Crippen LogP contribution in [0.2, 0.25) is 0 Å². The molecule has 182 valence electrons. The molecule has 1 N–H and O–H groups in total. The van der Waals surface area contributed by atoms with Gasteiger partial charge in [-0.3, -0.25) is 0 Å². The molecule has 0 aromatic carbocycles. The van der Waals surface area contributed by atoms with Gasteiger partial charge in [0.2, 0.25) is 5.88 Å². The van der Waals surface area contributed by atoms with E-state index in [0.29, 0.717) is 19.1 Å². The van der Waals surface area contributed by atoms with Gasteiger partial charge in [-0.15, -0.1) is 0 Å². The summed E-state index contributed by atoms with van der Waals surface area (Å²) < 4.78 is 18.3. The van der Waals surface area contributed by atoms with Crippen LogP contribution in [0.15, 0.2) is 24.5 Å². The average Bonchev–Trinajstić information content (AvgIpc) is 2.76. The zero-order valence-corrected chi connectivity index (χ0v) is 20.6. The summed E-state index contributed by atoms with van der Waals surface area (Å²) in [6.07, 6.45) is 7.71. The molecule has 2 atom stereocenters. The molecule has 0 spiro atoms. The first kappa shape index (κ1) is 23.9.